The molecule has 21 heavy (non-hydrogen) atoms. The van der Waals surface area contributed by atoms with Crippen molar-refractivity contribution in [1.82, 2.24) is 5.32 Å². The lowest BCUT2D eigenvalue weighted by molar-refractivity contribution is -0.115. The summed E-state index contributed by atoms with van der Waals surface area (Å²) in [5.74, 6) is -0.693. The van der Waals surface area contributed by atoms with E-state index in [9.17, 15) is 9.18 Å². The number of rotatable bonds is 6. The van der Waals surface area contributed by atoms with Gasteiger partial charge in [0.05, 0.1) is 11.6 Å². The van der Waals surface area contributed by atoms with Crippen LogP contribution in [0, 0.1) is 5.82 Å². The van der Waals surface area contributed by atoms with E-state index in [1.165, 1.54) is 23.8 Å². The molecule has 3 nitrogen and oxygen atoms in total. The van der Waals surface area contributed by atoms with Crippen LogP contribution in [0.1, 0.15) is 5.56 Å². The third kappa shape index (κ3) is 5.17. The highest BCUT2D eigenvalue weighted by Gasteiger charge is 2.04. The molecule has 0 saturated carbocycles. The van der Waals surface area contributed by atoms with Gasteiger partial charge in [-0.3, -0.25) is 4.79 Å². The number of anilines is 1. The van der Waals surface area contributed by atoms with Gasteiger partial charge >= 0.3 is 0 Å². The quantitative estimate of drug-likeness (QED) is 0.804. The molecule has 0 heterocycles. The van der Waals surface area contributed by atoms with Gasteiger partial charge < -0.3 is 10.6 Å². The lowest BCUT2D eigenvalue weighted by atomic mass is 10.1. The molecule has 0 aliphatic rings. The van der Waals surface area contributed by atoms with Crippen molar-refractivity contribution in [2.45, 2.75) is 6.42 Å². The van der Waals surface area contributed by atoms with E-state index in [-0.39, 0.29) is 17.5 Å². The second-order valence-corrected chi connectivity index (χ2v) is 5.00. The summed E-state index contributed by atoms with van der Waals surface area (Å²) in [5.41, 5.74) is 1.70. The first kappa shape index (κ1) is 15.5. The van der Waals surface area contributed by atoms with Crippen LogP contribution in [0.3, 0.4) is 0 Å². The zero-order chi connectivity index (χ0) is 15.1. The standard InChI is InChI=1S/C16H16ClFN2O/c17-14-10-13(6-7-15(14)18)20-16(21)11-19-9-8-12-4-2-1-3-5-12/h1-7,10,19H,8-9,11H2,(H,20,21). The van der Waals surface area contributed by atoms with Crippen molar-refractivity contribution >= 4 is 23.2 Å². The van der Waals surface area contributed by atoms with Crippen LogP contribution in [0.25, 0.3) is 0 Å². The Morgan fingerprint density at radius 3 is 2.62 bits per heavy atom. The van der Waals surface area contributed by atoms with Crippen molar-refractivity contribution in [3.05, 3.63) is 64.9 Å². The molecule has 0 aromatic heterocycles. The second-order valence-electron chi connectivity index (χ2n) is 4.59. The van der Waals surface area contributed by atoms with Crippen molar-refractivity contribution < 1.29 is 9.18 Å². The van der Waals surface area contributed by atoms with Gasteiger partial charge in [-0.15, -0.1) is 0 Å². The first-order valence-electron chi connectivity index (χ1n) is 6.65. The van der Waals surface area contributed by atoms with E-state index in [0.717, 1.165) is 6.42 Å². The van der Waals surface area contributed by atoms with Crippen LogP contribution in [0.4, 0.5) is 10.1 Å². The Hall–Kier alpha value is -1.91. The number of carbonyl (C=O) groups is 1. The number of benzene rings is 2. The predicted octanol–water partition coefficient (Wildman–Crippen LogP) is 3.25. The molecule has 1 amide bonds. The summed E-state index contributed by atoms with van der Waals surface area (Å²) in [4.78, 5) is 11.7. The van der Waals surface area contributed by atoms with Crippen molar-refractivity contribution in [3.63, 3.8) is 0 Å². The monoisotopic (exact) mass is 306 g/mol. The Morgan fingerprint density at radius 2 is 1.90 bits per heavy atom. The van der Waals surface area contributed by atoms with Gasteiger partial charge in [0.1, 0.15) is 5.82 Å². The van der Waals surface area contributed by atoms with Crippen molar-refractivity contribution in [2.75, 3.05) is 18.4 Å². The molecule has 0 fully saturated rings. The van der Waals surface area contributed by atoms with Crippen LogP contribution in [0.2, 0.25) is 5.02 Å². The number of nitrogens with one attached hydrogen (secondary N) is 2. The van der Waals surface area contributed by atoms with Gasteiger partial charge in [0, 0.05) is 5.69 Å². The number of amides is 1. The predicted molar refractivity (Wildman–Crippen MR) is 83.1 cm³/mol. The van der Waals surface area contributed by atoms with Crippen LogP contribution < -0.4 is 10.6 Å². The SMILES string of the molecule is O=C(CNCCc1ccccc1)Nc1ccc(F)c(Cl)c1. The minimum atomic E-state index is -0.504. The summed E-state index contributed by atoms with van der Waals surface area (Å²) in [6.07, 6.45) is 0.858. The van der Waals surface area contributed by atoms with E-state index < -0.39 is 5.82 Å². The average molecular weight is 307 g/mol. The molecule has 2 aromatic carbocycles. The molecule has 0 unspecified atom stereocenters. The van der Waals surface area contributed by atoms with Crippen LogP contribution >= 0.6 is 11.6 Å². The fourth-order valence-corrected chi connectivity index (χ4v) is 2.04. The topological polar surface area (TPSA) is 41.1 Å². The number of hydrogen-bond acceptors (Lipinski definition) is 2. The lowest BCUT2D eigenvalue weighted by Gasteiger charge is -2.07. The molecule has 0 aliphatic carbocycles. The van der Waals surface area contributed by atoms with Gasteiger partial charge in [0.2, 0.25) is 5.91 Å². The van der Waals surface area contributed by atoms with Crippen LogP contribution in [-0.2, 0) is 11.2 Å². The maximum Gasteiger partial charge on any atom is 0.238 e. The molecule has 110 valence electrons. The first-order valence-corrected chi connectivity index (χ1v) is 7.02. The average Bonchev–Trinajstić information content (AvgIpc) is 2.49. The highest BCUT2D eigenvalue weighted by atomic mass is 35.5. The third-order valence-corrected chi connectivity index (χ3v) is 3.21. The fraction of sp³-hybridized carbons (Fsp3) is 0.188. The van der Waals surface area contributed by atoms with E-state index in [2.05, 4.69) is 10.6 Å². The van der Waals surface area contributed by atoms with Gasteiger partial charge in [0.15, 0.2) is 0 Å². The molecular weight excluding hydrogens is 291 g/mol. The molecule has 2 N–H and O–H groups in total. The molecule has 0 radical (unpaired) electrons. The van der Waals surface area contributed by atoms with Gasteiger partial charge in [-0.25, -0.2) is 4.39 Å². The minimum Gasteiger partial charge on any atom is -0.325 e. The number of hydrogen-bond donors (Lipinski definition) is 2. The summed E-state index contributed by atoms with van der Waals surface area (Å²) in [7, 11) is 0. The molecule has 0 spiro atoms. The van der Waals surface area contributed by atoms with E-state index in [1.807, 2.05) is 30.3 Å². The van der Waals surface area contributed by atoms with Crippen molar-refractivity contribution in [1.29, 1.82) is 0 Å². The summed E-state index contributed by atoms with van der Waals surface area (Å²) in [6.45, 7) is 0.906. The summed E-state index contributed by atoms with van der Waals surface area (Å²) in [5, 5.41) is 5.71. The molecule has 5 heteroatoms. The van der Waals surface area contributed by atoms with Gasteiger partial charge in [-0.2, -0.15) is 0 Å². The normalized spacial score (nSPS) is 10.4. The van der Waals surface area contributed by atoms with Gasteiger partial charge in [-0.05, 0) is 36.7 Å². The second kappa shape index (κ2) is 7.76. The molecule has 0 atom stereocenters. The first-order chi connectivity index (χ1) is 10.1. The Kier molecular flexibility index (Phi) is 5.72. The van der Waals surface area contributed by atoms with E-state index in [4.69, 9.17) is 11.6 Å². The van der Waals surface area contributed by atoms with Crippen LogP contribution in [0.15, 0.2) is 48.5 Å². The van der Waals surface area contributed by atoms with Crippen molar-refractivity contribution in [2.24, 2.45) is 0 Å². The zero-order valence-corrected chi connectivity index (χ0v) is 12.2. The largest absolute Gasteiger partial charge is 0.325 e. The molecular formula is C16H16ClFN2O. The fourth-order valence-electron chi connectivity index (χ4n) is 1.86. The van der Waals surface area contributed by atoms with E-state index in [1.54, 1.807) is 0 Å². The Balaban J connectivity index is 1.71. The highest BCUT2D eigenvalue weighted by Crippen LogP contribution is 2.19. The third-order valence-electron chi connectivity index (χ3n) is 2.92. The number of carbonyl (C=O) groups excluding carboxylic acids is 1. The van der Waals surface area contributed by atoms with Crippen molar-refractivity contribution in [3.8, 4) is 0 Å². The Bertz CT molecular complexity index is 604. The van der Waals surface area contributed by atoms with Gasteiger partial charge in [0.25, 0.3) is 0 Å². The molecule has 2 rings (SSSR count). The maximum atomic E-state index is 13.0. The summed E-state index contributed by atoms with van der Waals surface area (Å²) in [6, 6.07) is 14.1. The molecule has 0 bridgehead atoms. The molecule has 0 saturated heterocycles. The number of halogens is 2. The smallest absolute Gasteiger partial charge is 0.238 e. The van der Waals surface area contributed by atoms with Crippen LogP contribution in [0.5, 0.6) is 0 Å². The van der Waals surface area contributed by atoms with E-state index in [0.29, 0.717) is 12.2 Å². The summed E-state index contributed by atoms with van der Waals surface area (Å²) < 4.78 is 13.0. The highest BCUT2D eigenvalue weighted by molar-refractivity contribution is 6.31. The lowest BCUT2D eigenvalue weighted by Crippen LogP contribution is -2.29. The maximum absolute atomic E-state index is 13.0. The summed E-state index contributed by atoms with van der Waals surface area (Å²) >= 11 is 5.65. The molecule has 0 aliphatic heterocycles. The van der Waals surface area contributed by atoms with E-state index >= 15 is 0 Å². The van der Waals surface area contributed by atoms with Gasteiger partial charge in [-0.1, -0.05) is 41.9 Å². The zero-order valence-electron chi connectivity index (χ0n) is 11.4. The Labute approximate surface area is 128 Å². The van der Waals surface area contributed by atoms with Crippen LogP contribution in [-0.4, -0.2) is 19.0 Å². The molecule has 2 aromatic rings. The minimum absolute atomic E-state index is 0.00941. The Morgan fingerprint density at radius 1 is 1.14 bits per heavy atom.